The van der Waals surface area contributed by atoms with Gasteiger partial charge in [0, 0.05) is 37.1 Å². The molecular weight excluding hydrogens is 592 g/mol. The molecule has 15 heteroatoms. The minimum Gasteiger partial charge on any atom is -0.508 e. The van der Waals surface area contributed by atoms with Crippen molar-refractivity contribution in [2.75, 3.05) is 6.54 Å². The number of alkyl halides is 3. The first-order chi connectivity index (χ1) is 20.8. The lowest BCUT2D eigenvalue weighted by molar-refractivity contribution is -0.384. The number of aromatic hydroxyl groups is 1. The standard InChI is InChI=1S/C29H26F4N4O7/c30-24-15-18(5-12-23(24)29(31,32)33)14-22(19-6-8-20(9-7-19)37(43)44)27(40)35-25(16-17-3-10-21(38)11-4-17)28(41)34-13-1-2-26(39)36-42/h3-12,14-15,25,38,42H,1-2,13,16H2,(H,34,41)(H,35,40)(H,36,39)/b22-14-. The van der Waals surface area contributed by atoms with Crippen LogP contribution in [0.2, 0.25) is 0 Å². The van der Waals surface area contributed by atoms with Crippen molar-refractivity contribution in [2.24, 2.45) is 0 Å². The van der Waals surface area contributed by atoms with Crippen LogP contribution < -0.4 is 16.1 Å². The molecule has 1 atom stereocenters. The zero-order valence-electron chi connectivity index (χ0n) is 22.7. The van der Waals surface area contributed by atoms with Crippen LogP contribution in [0.4, 0.5) is 23.2 Å². The quantitative estimate of drug-likeness (QED) is 0.0386. The van der Waals surface area contributed by atoms with Crippen molar-refractivity contribution < 1.29 is 47.2 Å². The average Bonchev–Trinajstić information content (AvgIpc) is 2.97. The number of nitro groups is 1. The molecule has 232 valence electrons. The zero-order chi connectivity index (χ0) is 32.4. The molecule has 3 aromatic carbocycles. The third kappa shape index (κ3) is 9.35. The van der Waals surface area contributed by atoms with Crippen molar-refractivity contribution in [3.63, 3.8) is 0 Å². The Hall–Kier alpha value is -5.31. The summed E-state index contributed by atoms with van der Waals surface area (Å²) < 4.78 is 53.5. The van der Waals surface area contributed by atoms with E-state index in [1.807, 2.05) is 0 Å². The first-order valence-corrected chi connectivity index (χ1v) is 12.9. The van der Waals surface area contributed by atoms with Gasteiger partial charge in [0.2, 0.25) is 11.8 Å². The number of rotatable bonds is 12. The lowest BCUT2D eigenvalue weighted by Gasteiger charge is -2.20. The highest BCUT2D eigenvalue weighted by Gasteiger charge is 2.34. The number of nitro benzene ring substituents is 1. The van der Waals surface area contributed by atoms with E-state index in [1.54, 1.807) is 0 Å². The van der Waals surface area contributed by atoms with Crippen LogP contribution >= 0.6 is 0 Å². The van der Waals surface area contributed by atoms with Crippen molar-refractivity contribution in [1.82, 2.24) is 16.1 Å². The minimum absolute atomic E-state index is 0.00984. The molecule has 0 saturated heterocycles. The lowest BCUT2D eigenvalue weighted by atomic mass is 9.99. The van der Waals surface area contributed by atoms with Gasteiger partial charge in [-0.2, -0.15) is 13.2 Å². The van der Waals surface area contributed by atoms with Crippen LogP contribution in [-0.4, -0.2) is 45.5 Å². The van der Waals surface area contributed by atoms with Crippen molar-refractivity contribution >= 4 is 35.1 Å². The Morgan fingerprint density at radius 1 is 1.00 bits per heavy atom. The number of hydroxylamine groups is 1. The highest BCUT2D eigenvalue weighted by Crippen LogP contribution is 2.32. The molecular formula is C29H26F4N4O7. The first-order valence-electron chi connectivity index (χ1n) is 12.9. The molecule has 0 spiro atoms. The summed E-state index contributed by atoms with van der Waals surface area (Å²) in [6.07, 6.45) is -3.93. The fraction of sp³-hybridized carbons (Fsp3) is 0.207. The Bertz CT molecular complexity index is 1540. The summed E-state index contributed by atoms with van der Waals surface area (Å²) in [4.78, 5) is 48.4. The number of non-ortho nitro benzene ring substituents is 1. The predicted molar refractivity (Wildman–Crippen MR) is 148 cm³/mol. The number of hydrogen-bond acceptors (Lipinski definition) is 7. The second-order valence-corrected chi connectivity index (χ2v) is 9.43. The fourth-order valence-corrected chi connectivity index (χ4v) is 4.01. The number of hydrogen-bond donors (Lipinski definition) is 5. The van der Waals surface area contributed by atoms with E-state index in [0.29, 0.717) is 17.7 Å². The summed E-state index contributed by atoms with van der Waals surface area (Å²) >= 11 is 0. The molecule has 1 unspecified atom stereocenters. The third-order valence-corrected chi connectivity index (χ3v) is 6.25. The van der Waals surface area contributed by atoms with Crippen molar-refractivity contribution in [1.29, 1.82) is 0 Å². The summed E-state index contributed by atoms with van der Waals surface area (Å²) in [6, 6.07) is 11.1. The van der Waals surface area contributed by atoms with Gasteiger partial charge < -0.3 is 15.7 Å². The van der Waals surface area contributed by atoms with Gasteiger partial charge in [-0.25, -0.2) is 9.87 Å². The van der Waals surface area contributed by atoms with E-state index in [1.165, 1.54) is 41.9 Å². The van der Waals surface area contributed by atoms with Gasteiger partial charge in [-0.15, -0.1) is 0 Å². The third-order valence-electron chi connectivity index (χ3n) is 6.25. The second-order valence-electron chi connectivity index (χ2n) is 9.43. The summed E-state index contributed by atoms with van der Waals surface area (Å²) in [5.41, 5.74) is -0.157. The smallest absolute Gasteiger partial charge is 0.419 e. The normalized spacial score (nSPS) is 12.2. The van der Waals surface area contributed by atoms with E-state index in [2.05, 4.69) is 10.6 Å². The molecule has 0 saturated carbocycles. The number of amides is 3. The number of nitrogens with zero attached hydrogens (tertiary/aromatic N) is 1. The maximum Gasteiger partial charge on any atom is 0.419 e. The molecule has 3 amide bonds. The van der Waals surface area contributed by atoms with Gasteiger partial charge in [0.1, 0.15) is 17.6 Å². The SMILES string of the molecule is O=C(CCCNC(=O)C(Cc1ccc(O)cc1)NC(=O)/C(=C\c1ccc(C(F)(F)F)c(F)c1)c1ccc([N+](=O)[O-])cc1)NO. The molecule has 0 heterocycles. The van der Waals surface area contributed by atoms with Crippen molar-refractivity contribution in [3.8, 4) is 5.75 Å². The average molecular weight is 619 g/mol. The predicted octanol–water partition coefficient (Wildman–Crippen LogP) is 4.13. The first kappa shape index (κ1) is 33.2. The highest BCUT2D eigenvalue weighted by atomic mass is 19.4. The summed E-state index contributed by atoms with van der Waals surface area (Å²) in [5.74, 6) is -3.91. The highest BCUT2D eigenvalue weighted by molar-refractivity contribution is 6.24. The number of benzene rings is 3. The van der Waals surface area contributed by atoms with E-state index in [0.717, 1.165) is 24.3 Å². The summed E-state index contributed by atoms with van der Waals surface area (Å²) in [7, 11) is 0. The molecule has 0 radical (unpaired) electrons. The van der Waals surface area contributed by atoms with Crippen LogP contribution in [0, 0.1) is 15.9 Å². The van der Waals surface area contributed by atoms with Gasteiger partial charge in [0.15, 0.2) is 0 Å². The molecule has 44 heavy (non-hydrogen) atoms. The molecule has 3 rings (SSSR count). The van der Waals surface area contributed by atoms with Gasteiger partial charge in [-0.1, -0.05) is 18.2 Å². The maximum absolute atomic E-state index is 14.3. The second kappa shape index (κ2) is 14.7. The minimum atomic E-state index is -4.96. The summed E-state index contributed by atoms with van der Waals surface area (Å²) in [6.45, 7) is -0.00984. The Morgan fingerprint density at radius 2 is 1.66 bits per heavy atom. The van der Waals surface area contributed by atoms with Crippen LogP contribution in [0.3, 0.4) is 0 Å². The van der Waals surface area contributed by atoms with Gasteiger partial charge in [-0.3, -0.25) is 29.7 Å². The molecule has 0 fully saturated rings. The van der Waals surface area contributed by atoms with Crippen molar-refractivity contribution in [2.45, 2.75) is 31.5 Å². The topological polar surface area (TPSA) is 171 Å². The molecule has 5 N–H and O–H groups in total. The lowest BCUT2D eigenvalue weighted by Crippen LogP contribution is -2.48. The summed E-state index contributed by atoms with van der Waals surface area (Å²) in [5, 5.41) is 34.4. The van der Waals surface area contributed by atoms with Crippen LogP contribution in [0.15, 0.2) is 66.7 Å². The van der Waals surface area contributed by atoms with E-state index in [4.69, 9.17) is 5.21 Å². The Balaban J connectivity index is 1.97. The Morgan fingerprint density at radius 3 is 2.23 bits per heavy atom. The Labute approximate surface area is 247 Å². The van der Waals surface area contributed by atoms with E-state index < -0.39 is 46.2 Å². The fourth-order valence-electron chi connectivity index (χ4n) is 4.01. The Kier molecular flexibility index (Phi) is 11.1. The van der Waals surface area contributed by atoms with Gasteiger partial charge in [0.25, 0.3) is 11.6 Å². The molecule has 3 aromatic rings. The van der Waals surface area contributed by atoms with E-state index >= 15 is 0 Å². The number of nitrogens with one attached hydrogen (secondary N) is 3. The van der Waals surface area contributed by atoms with Gasteiger partial charge in [0.05, 0.1) is 10.5 Å². The number of phenolic OH excluding ortho intramolecular Hbond substituents is 1. The number of carbonyl (C=O) groups is 3. The van der Waals surface area contributed by atoms with Gasteiger partial charge in [-0.05, 0) is 65.6 Å². The van der Waals surface area contributed by atoms with Crippen LogP contribution in [0.1, 0.15) is 35.1 Å². The number of phenols is 1. The monoisotopic (exact) mass is 618 g/mol. The van der Waals surface area contributed by atoms with Crippen LogP contribution in [0.5, 0.6) is 5.75 Å². The van der Waals surface area contributed by atoms with E-state index in [-0.39, 0.29) is 53.9 Å². The van der Waals surface area contributed by atoms with Crippen LogP contribution in [0.25, 0.3) is 11.6 Å². The zero-order valence-corrected chi connectivity index (χ0v) is 22.7. The molecule has 0 aliphatic carbocycles. The molecule has 0 bridgehead atoms. The molecule has 11 nitrogen and oxygen atoms in total. The van der Waals surface area contributed by atoms with Crippen molar-refractivity contribution in [3.05, 3.63) is 105 Å². The molecule has 0 aromatic heterocycles. The molecule has 0 aliphatic heterocycles. The van der Waals surface area contributed by atoms with E-state index in [9.17, 15) is 47.2 Å². The number of halogens is 4. The van der Waals surface area contributed by atoms with Crippen LogP contribution in [-0.2, 0) is 27.0 Å². The molecule has 0 aliphatic rings. The number of carbonyl (C=O) groups excluding carboxylic acids is 3. The maximum atomic E-state index is 14.3. The van der Waals surface area contributed by atoms with Gasteiger partial charge >= 0.3 is 6.18 Å². The largest absolute Gasteiger partial charge is 0.508 e.